The molecule has 0 fully saturated rings. The Bertz CT molecular complexity index is 1310. The highest BCUT2D eigenvalue weighted by molar-refractivity contribution is 6.39. The van der Waals surface area contributed by atoms with Crippen LogP contribution in [0.4, 0.5) is 18.9 Å². The molecule has 0 unspecified atom stereocenters. The van der Waals surface area contributed by atoms with Gasteiger partial charge in [0.1, 0.15) is 0 Å². The Labute approximate surface area is 204 Å². The Morgan fingerprint density at radius 3 is 2.33 bits per heavy atom. The highest BCUT2D eigenvalue weighted by atomic mass is 19.4. The predicted molar refractivity (Wildman–Crippen MR) is 127 cm³/mol. The number of hydrogen-bond donors (Lipinski definition) is 2. The number of hydrazone groups is 1. The molecule has 11 heteroatoms. The van der Waals surface area contributed by atoms with Gasteiger partial charge in [-0.3, -0.25) is 9.59 Å². The Kier molecular flexibility index (Phi) is 7.93. The summed E-state index contributed by atoms with van der Waals surface area (Å²) in [5.74, 6) is -2.57. The lowest BCUT2D eigenvalue weighted by atomic mass is 10.1. The number of carbonyl (C=O) groups excluding carboxylic acids is 3. The molecule has 0 aliphatic carbocycles. The van der Waals surface area contributed by atoms with Gasteiger partial charge < -0.3 is 14.6 Å². The molecule has 2 aromatic carbocycles. The van der Waals surface area contributed by atoms with Gasteiger partial charge in [0.2, 0.25) is 0 Å². The fourth-order valence-corrected chi connectivity index (χ4v) is 3.50. The molecule has 0 saturated heterocycles. The molecule has 36 heavy (non-hydrogen) atoms. The largest absolute Gasteiger partial charge is 0.462 e. The Morgan fingerprint density at radius 2 is 1.69 bits per heavy atom. The fourth-order valence-electron chi connectivity index (χ4n) is 3.50. The van der Waals surface area contributed by atoms with Gasteiger partial charge in [0.25, 0.3) is 0 Å². The molecule has 188 valence electrons. The van der Waals surface area contributed by atoms with Crippen LogP contribution in [0.1, 0.15) is 39.8 Å². The summed E-state index contributed by atoms with van der Waals surface area (Å²) in [5, 5.41) is 6.13. The summed E-state index contributed by atoms with van der Waals surface area (Å²) in [6.07, 6.45) is -3.29. The molecule has 2 amide bonds. The molecule has 1 aromatic heterocycles. The minimum absolute atomic E-state index is 0.0305. The lowest BCUT2D eigenvalue weighted by molar-refractivity contribution is -0.137. The van der Waals surface area contributed by atoms with Gasteiger partial charge in [0.05, 0.1) is 29.6 Å². The van der Waals surface area contributed by atoms with Crippen molar-refractivity contribution >= 4 is 29.7 Å². The molecule has 3 aromatic rings. The van der Waals surface area contributed by atoms with Crippen LogP contribution in [-0.4, -0.2) is 35.2 Å². The Morgan fingerprint density at radius 1 is 1.03 bits per heavy atom. The van der Waals surface area contributed by atoms with Gasteiger partial charge in [0, 0.05) is 22.6 Å². The number of esters is 1. The van der Waals surface area contributed by atoms with Crippen LogP contribution in [0.15, 0.2) is 59.7 Å². The van der Waals surface area contributed by atoms with Crippen molar-refractivity contribution in [1.29, 1.82) is 0 Å². The number of nitrogens with zero attached hydrogens (tertiary/aromatic N) is 2. The van der Waals surface area contributed by atoms with E-state index >= 15 is 0 Å². The van der Waals surface area contributed by atoms with Gasteiger partial charge in [-0.25, -0.2) is 10.2 Å². The predicted octanol–water partition coefficient (Wildman–Crippen LogP) is 4.38. The topological polar surface area (TPSA) is 102 Å². The van der Waals surface area contributed by atoms with E-state index in [1.54, 1.807) is 26.8 Å². The summed E-state index contributed by atoms with van der Waals surface area (Å²) in [6, 6.07) is 12.6. The first-order valence-corrected chi connectivity index (χ1v) is 10.8. The third-order valence-corrected chi connectivity index (χ3v) is 5.15. The van der Waals surface area contributed by atoms with Crippen molar-refractivity contribution < 1.29 is 32.3 Å². The van der Waals surface area contributed by atoms with E-state index in [2.05, 4.69) is 15.8 Å². The Balaban J connectivity index is 1.68. The highest BCUT2D eigenvalue weighted by Crippen LogP contribution is 2.35. The van der Waals surface area contributed by atoms with E-state index in [4.69, 9.17) is 4.74 Å². The lowest BCUT2D eigenvalue weighted by Gasteiger charge is -2.16. The number of carbonyl (C=O) groups is 3. The summed E-state index contributed by atoms with van der Waals surface area (Å²) in [4.78, 5) is 35.9. The van der Waals surface area contributed by atoms with Crippen LogP contribution in [0.2, 0.25) is 0 Å². The van der Waals surface area contributed by atoms with Gasteiger partial charge in [-0.05, 0) is 63.2 Å². The number of halogens is 3. The van der Waals surface area contributed by atoms with Crippen molar-refractivity contribution in [1.82, 2.24) is 9.99 Å². The van der Waals surface area contributed by atoms with Crippen LogP contribution in [0.5, 0.6) is 0 Å². The molecular formula is C25H23F3N4O4. The number of alkyl halides is 3. The summed E-state index contributed by atoms with van der Waals surface area (Å²) in [5.41, 5.74) is 3.29. The molecule has 0 atom stereocenters. The number of hydrogen-bond acceptors (Lipinski definition) is 5. The van der Waals surface area contributed by atoms with E-state index in [9.17, 15) is 27.6 Å². The van der Waals surface area contributed by atoms with Gasteiger partial charge >= 0.3 is 24.0 Å². The minimum atomic E-state index is -4.53. The number of para-hydroxylation sites is 1. The average molecular weight is 500 g/mol. The monoisotopic (exact) mass is 500 g/mol. The molecular weight excluding hydrogens is 477 g/mol. The first kappa shape index (κ1) is 26.2. The molecule has 8 nitrogen and oxygen atoms in total. The molecule has 0 aliphatic rings. The van der Waals surface area contributed by atoms with E-state index in [1.807, 2.05) is 0 Å². The van der Waals surface area contributed by atoms with Gasteiger partial charge in [-0.2, -0.15) is 18.3 Å². The number of benzene rings is 2. The zero-order valence-electron chi connectivity index (χ0n) is 19.6. The number of rotatable bonds is 6. The molecule has 0 radical (unpaired) electrons. The number of ether oxygens (including phenoxy) is 1. The fraction of sp³-hybridized carbons (Fsp3) is 0.200. The van der Waals surface area contributed by atoms with E-state index in [0.717, 1.165) is 6.07 Å². The molecule has 0 saturated carbocycles. The van der Waals surface area contributed by atoms with E-state index < -0.39 is 29.5 Å². The number of aromatic nitrogens is 1. The van der Waals surface area contributed by atoms with Crippen LogP contribution in [0.25, 0.3) is 5.69 Å². The highest BCUT2D eigenvalue weighted by Gasteiger charge is 2.34. The molecule has 0 bridgehead atoms. The van der Waals surface area contributed by atoms with Gasteiger partial charge in [-0.15, -0.1) is 0 Å². The second-order valence-electron chi connectivity index (χ2n) is 7.63. The van der Waals surface area contributed by atoms with Crippen molar-refractivity contribution in [2.75, 3.05) is 11.9 Å². The third kappa shape index (κ3) is 5.98. The van der Waals surface area contributed by atoms with Crippen molar-refractivity contribution in [3.63, 3.8) is 0 Å². The zero-order chi connectivity index (χ0) is 26.5. The normalized spacial score (nSPS) is 11.4. The SMILES string of the molecule is CCOC(=O)c1ccc(NC(=O)C(=O)N/N=C/c2cc(C)n(-c3ccccc3C(F)(F)F)c2C)cc1. The van der Waals surface area contributed by atoms with Gasteiger partial charge in [0.15, 0.2) is 0 Å². The molecule has 2 N–H and O–H groups in total. The minimum Gasteiger partial charge on any atom is -0.462 e. The average Bonchev–Trinajstić information content (AvgIpc) is 3.11. The van der Waals surface area contributed by atoms with Crippen molar-refractivity contribution in [3.05, 3.63) is 82.7 Å². The zero-order valence-corrected chi connectivity index (χ0v) is 19.6. The second-order valence-corrected chi connectivity index (χ2v) is 7.63. The lowest BCUT2D eigenvalue weighted by Crippen LogP contribution is -2.32. The third-order valence-electron chi connectivity index (χ3n) is 5.15. The van der Waals surface area contributed by atoms with Crippen LogP contribution in [0, 0.1) is 13.8 Å². The van der Waals surface area contributed by atoms with Crippen LogP contribution in [-0.2, 0) is 20.5 Å². The molecule has 3 rings (SSSR count). The first-order chi connectivity index (χ1) is 17.0. The maximum absolute atomic E-state index is 13.5. The summed E-state index contributed by atoms with van der Waals surface area (Å²) >= 11 is 0. The first-order valence-electron chi connectivity index (χ1n) is 10.8. The van der Waals surface area contributed by atoms with Gasteiger partial charge in [-0.1, -0.05) is 12.1 Å². The number of anilines is 1. The quantitative estimate of drug-likeness (QED) is 0.227. The van der Waals surface area contributed by atoms with Crippen LogP contribution in [0.3, 0.4) is 0 Å². The summed E-state index contributed by atoms with van der Waals surface area (Å²) < 4.78 is 46.7. The van der Waals surface area contributed by atoms with Crippen LogP contribution < -0.4 is 10.7 Å². The van der Waals surface area contributed by atoms with E-state index in [0.29, 0.717) is 22.5 Å². The number of nitrogens with one attached hydrogen (secondary N) is 2. The maximum atomic E-state index is 13.5. The van der Waals surface area contributed by atoms with Crippen molar-refractivity contribution in [2.24, 2.45) is 5.10 Å². The van der Waals surface area contributed by atoms with Crippen LogP contribution >= 0.6 is 0 Å². The second kappa shape index (κ2) is 10.9. The standard InChI is InChI=1S/C25H23F3N4O4/c1-4-36-24(35)17-9-11-19(12-10-17)30-22(33)23(34)31-29-14-18-13-15(2)32(16(18)3)21-8-6-5-7-20(21)25(26,27)28/h5-14H,4H2,1-3H3,(H,30,33)(H,31,34)/b29-14+. The van der Waals surface area contributed by atoms with E-state index in [-0.39, 0.29) is 18.0 Å². The maximum Gasteiger partial charge on any atom is 0.418 e. The molecule has 0 spiro atoms. The molecule has 1 heterocycles. The Hall–Kier alpha value is -4.41. The number of amides is 2. The van der Waals surface area contributed by atoms with Crippen molar-refractivity contribution in [3.8, 4) is 5.69 Å². The summed E-state index contributed by atoms with van der Waals surface area (Å²) in [6.45, 7) is 5.17. The smallest absolute Gasteiger partial charge is 0.418 e. The van der Waals surface area contributed by atoms with E-state index in [1.165, 1.54) is 53.2 Å². The summed E-state index contributed by atoms with van der Waals surface area (Å²) in [7, 11) is 0. The van der Waals surface area contributed by atoms with Crippen molar-refractivity contribution in [2.45, 2.75) is 26.9 Å². The number of aryl methyl sites for hydroxylation is 1. The molecule has 0 aliphatic heterocycles.